The van der Waals surface area contributed by atoms with Gasteiger partial charge in [-0.05, 0) is 100 Å². The van der Waals surface area contributed by atoms with Crippen molar-refractivity contribution in [2.45, 2.75) is 98.0 Å². The lowest BCUT2D eigenvalue weighted by Crippen LogP contribution is -2.27. The molecule has 0 atom stereocenters. The second kappa shape index (κ2) is 11.3. The van der Waals surface area contributed by atoms with Crippen LogP contribution in [0.5, 0.6) is 5.75 Å². The molecule has 36 heavy (non-hydrogen) atoms. The van der Waals surface area contributed by atoms with E-state index in [1.807, 2.05) is 20.8 Å². The number of hydrogen-bond acceptors (Lipinski definition) is 8. The molecule has 0 saturated heterocycles. The smallest absolute Gasteiger partial charge is 0.412 e. The van der Waals surface area contributed by atoms with Crippen LogP contribution in [0.25, 0.3) is 5.52 Å². The minimum atomic E-state index is -0.670. The fourth-order valence-corrected chi connectivity index (χ4v) is 3.98. The van der Waals surface area contributed by atoms with Crippen LogP contribution in [0.3, 0.4) is 0 Å². The molecule has 0 unspecified atom stereocenters. The maximum atomic E-state index is 13.1. The summed E-state index contributed by atoms with van der Waals surface area (Å²) in [7, 11) is 1.51. The van der Waals surface area contributed by atoms with E-state index in [9.17, 15) is 9.59 Å². The quantitative estimate of drug-likeness (QED) is 0.300. The second-order valence-electron chi connectivity index (χ2n) is 11.2. The minimum Gasteiger partial charge on any atom is -0.493 e. The van der Waals surface area contributed by atoms with Gasteiger partial charge >= 0.3 is 12.1 Å². The predicted molar refractivity (Wildman–Crippen MR) is 143 cm³/mol. The monoisotopic (exact) mass is 523 g/mol. The number of nitrogens with zero attached hydrogens (tertiary/aromatic N) is 2. The molecule has 10 heteroatoms. The summed E-state index contributed by atoms with van der Waals surface area (Å²) in [6, 6.07) is 1.66. The number of anilines is 1. The molecule has 2 aromatic heterocycles. The van der Waals surface area contributed by atoms with Crippen LogP contribution in [0.1, 0.15) is 90.5 Å². The predicted octanol–water partition coefficient (Wildman–Crippen LogP) is 6.35. The Balaban J connectivity index is 2.52. The lowest BCUT2D eigenvalue weighted by molar-refractivity contribution is 0.0525. The zero-order chi connectivity index (χ0) is 27.5. The Morgan fingerprint density at radius 2 is 1.75 bits per heavy atom. The summed E-state index contributed by atoms with van der Waals surface area (Å²) in [5.74, 6) is -0.0545. The van der Waals surface area contributed by atoms with Crippen LogP contribution in [0.4, 0.5) is 10.5 Å². The van der Waals surface area contributed by atoms with Crippen LogP contribution < -0.4 is 10.1 Å². The fourth-order valence-electron chi connectivity index (χ4n) is 3.42. The van der Waals surface area contributed by atoms with Crippen LogP contribution >= 0.6 is 12.0 Å². The van der Waals surface area contributed by atoms with E-state index in [2.05, 4.69) is 26.1 Å². The zero-order valence-electron chi connectivity index (χ0n) is 23.5. The number of ether oxygens (including phenoxy) is 3. The van der Waals surface area contributed by atoms with Gasteiger partial charge in [-0.25, -0.2) is 14.1 Å². The van der Waals surface area contributed by atoms with Gasteiger partial charge in [0.1, 0.15) is 11.2 Å². The zero-order valence-corrected chi connectivity index (χ0v) is 24.3. The minimum absolute atomic E-state index is 0.0400. The molecule has 2 heterocycles. The Labute approximate surface area is 218 Å². The first-order chi connectivity index (χ1) is 16.5. The van der Waals surface area contributed by atoms with Gasteiger partial charge in [0.05, 0.1) is 41.9 Å². The van der Waals surface area contributed by atoms with E-state index >= 15 is 0 Å². The Morgan fingerprint density at radius 1 is 1.11 bits per heavy atom. The number of carbonyl (C=O) groups excluding carboxylic acids is 2. The van der Waals surface area contributed by atoms with Gasteiger partial charge in [0.2, 0.25) is 0 Å². The number of methoxy groups -OCH3 is 1. The van der Waals surface area contributed by atoms with Crippen molar-refractivity contribution in [1.82, 2.24) is 9.61 Å². The number of fused-ring (bicyclic) bond motifs is 1. The van der Waals surface area contributed by atoms with E-state index in [4.69, 9.17) is 23.5 Å². The van der Waals surface area contributed by atoms with Crippen molar-refractivity contribution in [3.63, 3.8) is 0 Å². The van der Waals surface area contributed by atoms with Crippen molar-refractivity contribution in [2.24, 2.45) is 0 Å². The molecule has 0 fully saturated rings. The Morgan fingerprint density at radius 3 is 2.28 bits per heavy atom. The third kappa shape index (κ3) is 8.03. The molecule has 0 saturated carbocycles. The van der Waals surface area contributed by atoms with Gasteiger partial charge in [0, 0.05) is 4.75 Å². The second-order valence-corrected chi connectivity index (χ2v) is 12.7. The van der Waals surface area contributed by atoms with E-state index in [-0.39, 0.29) is 11.4 Å². The van der Waals surface area contributed by atoms with Gasteiger partial charge in [0.15, 0.2) is 5.75 Å². The highest BCUT2D eigenvalue weighted by Gasteiger charge is 2.29. The molecule has 0 aliphatic heterocycles. The highest BCUT2D eigenvalue weighted by Crippen LogP contribution is 2.35. The molecule has 0 aliphatic carbocycles. The first kappa shape index (κ1) is 29.8. The van der Waals surface area contributed by atoms with Crippen molar-refractivity contribution in [3.05, 3.63) is 23.0 Å². The highest BCUT2D eigenvalue weighted by molar-refractivity contribution is 7.96. The SMILES string of the molecule is CCOC(=O)c1c(CCC(C)(C)OSC(C)(C)C)nn2c(C)c(OC)c(NC(=O)OC(C)(C)C)cc12. The first-order valence-electron chi connectivity index (χ1n) is 12.1. The average molecular weight is 524 g/mol. The molecule has 9 nitrogen and oxygen atoms in total. The molecular weight excluding hydrogens is 482 g/mol. The normalized spacial score (nSPS) is 12.5. The lowest BCUT2D eigenvalue weighted by Gasteiger charge is -2.28. The van der Waals surface area contributed by atoms with Gasteiger partial charge in [-0.3, -0.25) is 5.32 Å². The molecule has 0 aromatic carbocycles. The molecule has 0 spiro atoms. The van der Waals surface area contributed by atoms with Gasteiger partial charge in [-0.2, -0.15) is 5.10 Å². The van der Waals surface area contributed by atoms with E-state index in [0.29, 0.717) is 46.7 Å². The van der Waals surface area contributed by atoms with Crippen molar-refractivity contribution in [1.29, 1.82) is 0 Å². The number of nitrogens with one attached hydrogen (secondary N) is 1. The number of aromatic nitrogens is 2. The van der Waals surface area contributed by atoms with Crippen molar-refractivity contribution >= 4 is 35.3 Å². The highest BCUT2D eigenvalue weighted by atomic mass is 32.2. The summed E-state index contributed by atoms with van der Waals surface area (Å²) in [5.41, 5.74) is 1.33. The maximum absolute atomic E-state index is 13.1. The van der Waals surface area contributed by atoms with Crippen LogP contribution in [0.15, 0.2) is 6.07 Å². The van der Waals surface area contributed by atoms with Crippen molar-refractivity contribution in [3.8, 4) is 5.75 Å². The van der Waals surface area contributed by atoms with E-state index in [1.54, 1.807) is 38.3 Å². The summed E-state index contributed by atoms with van der Waals surface area (Å²) in [4.78, 5) is 25.6. The maximum Gasteiger partial charge on any atom is 0.412 e. The Bertz CT molecular complexity index is 1100. The van der Waals surface area contributed by atoms with Gasteiger partial charge in [-0.15, -0.1) is 0 Å². The Hall–Kier alpha value is -2.46. The molecule has 1 amide bonds. The van der Waals surface area contributed by atoms with Crippen LogP contribution in [0.2, 0.25) is 0 Å². The number of esters is 1. The van der Waals surface area contributed by atoms with Crippen LogP contribution in [-0.4, -0.2) is 51.3 Å². The van der Waals surface area contributed by atoms with Crippen LogP contribution in [0, 0.1) is 6.92 Å². The van der Waals surface area contributed by atoms with Gasteiger partial charge in [-0.1, -0.05) is 0 Å². The molecule has 0 bridgehead atoms. The van der Waals surface area contributed by atoms with Gasteiger partial charge in [0.25, 0.3) is 0 Å². The third-order valence-corrected chi connectivity index (χ3v) is 6.00. The topological polar surface area (TPSA) is 100 Å². The molecule has 0 aliphatic rings. The molecule has 0 radical (unpaired) electrons. The number of aryl methyl sites for hydroxylation is 2. The summed E-state index contributed by atoms with van der Waals surface area (Å²) >= 11 is 1.43. The summed E-state index contributed by atoms with van der Waals surface area (Å²) < 4.78 is 24.0. The standard InChI is InChI=1S/C26H41N3O6S/c1-12-33-22(30)20-17(13-14-26(9,10)35-36-25(6,7)8)28-29-16(2)21(32-11)18(15-19(20)29)27-23(31)34-24(3,4)5/h15H,12-14H2,1-11H3,(H,27,31). The number of hydrogen-bond donors (Lipinski definition) is 1. The molecule has 2 aromatic rings. The number of carbonyl (C=O) groups is 2. The van der Waals surface area contributed by atoms with E-state index in [1.165, 1.54) is 19.2 Å². The van der Waals surface area contributed by atoms with Crippen LogP contribution in [-0.2, 0) is 20.1 Å². The first-order valence-corrected chi connectivity index (χ1v) is 12.9. The lowest BCUT2D eigenvalue weighted by atomic mass is 9.99. The van der Waals surface area contributed by atoms with Crippen molar-refractivity contribution < 1.29 is 28.0 Å². The molecular formula is C26H41N3O6S. The summed E-state index contributed by atoms with van der Waals surface area (Å²) in [6.07, 6.45) is 0.493. The van der Waals surface area contributed by atoms with Gasteiger partial charge < -0.3 is 18.4 Å². The Kier molecular flexibility index (Phi) is 9.34. The third-order valence-electron chi connectivity index (χ3n) is 4.97. The number of pyridine rings is 1. The van der Waals surface area contributed by atoms with Crippen molar-refractivity contribution in [2.75, 3.05) is 19.0 Å². The molecule has 202 valence electrons. The van der Waals surface area contributed by atoms with E-state index in [0.717, 1.165) is 0 Å². The average Bonchev–Trinajstić information content (AvgIpc) is 3.08. The molecule has 2 rings (SSSR count). The molecule has 1 N–H and O–H groups in total. The van der Waals surface area contributed by atoms with E-state index < -0.39 is 23.3 Å². The fraction of sp³-hybridized carbons (Fsp3) is 0.654. The summed E-state index contributed by atoms with van der Waals surface area (Å²) in [5, 5.41) is 7.49. The number of rotatable bonds is 9. The number of amides is 1. The largest absolute Gasteiger partial charge is 0.493 e. The summed E-state index contributed by atoms with van der Waals surface area (Å²) in [6.45, 7) is 19.5.